The second-order valence-corrected chi connectivity index (χ2v) is 6.10. The molecular weight excluding hydrogens is 298 g/mol. The number of hydrogen-bond acceptors (Lipinski definition) is 2. The van der Waals surface area contributed by atoms with Crippen molar-refractivity contribution in [2.75, 3.05) is 19.2 Å². The van der Waals surface area contributed by atoms with Crippen molar-refractivity contribution in [1.82, 2.24) is 4.48 Å². The number of carbonyl (C=O) groups is 1. The van der Waals surface area contributed by atoms with E-state index in [1.807, 2.05) is 51.1 Å². The monoisotopic (exact) mass is 324 g/mol. The molecule has 4 heteroatoms. The molecule has 0 aliphatic rings. The Bertz CT molecular complexity index is 521. The van der Waals surface area contributed by atoms with Gasteiger partial charge >= 0.3 is 5.91 Å². The van der Waals surface area contributed by atoms with Gasteiger partial charge in [0.15, 0.2) is 6.73 Å². The summed E-state index contributed by atoms with van der Waals surface area (Å²) in [5.74, 6) is 0.0925. The molecule has 0 heterocycles. The Morgan fingerprint density at radius 3 is 2.23 bits per heavy atom. The number of quaternary nitrogens is 1. The molecule has 0 spiro atoms. The van der Waals surface area contributed by atoms with Crippen LogP contribution in [0.15, 0.2) is 41.6 Å². The zero-order valence-corrected chi connectivity index (χ0v) is 15.0. The number of nitrogens with zero attached hydrogens (tertiary/aromatic N) is 1. The fourth-order valence-corrected chi connectivity index (χ4v) is 3.25. The van der Waals surface area contributed by atoms with Crippen LogP contribution in [-0.4, -0.2) is 25.1 Å². The summed E-state index contributed by atoms with van der Waals surface area (Å²) in [5, 5.41) is 0. The third-order valence-corrected chi connectivity index (χ3v) is 3.93. The standard InChI is InChI=1S/C18H27ClNO2/c1-6-22-13-20(17(21)12-19,16-10-8-7-9-11-16)18(14(2)3)15(4)5/h7-11,14H,6,12-13H2,1-5H3/q+1. The van der Waals surface area contributed by atoms with Crippen LogP contribution in [-0.2, 0) is 9.53 Å². The van der Waals surface area contributed by atoms with E-state index >= 15 is 0 Å². The maximum absolute atomic E-state index is 12.9. The Balaban J connectivity index is 3.66. The molecule has 1 unspecified atom stereocenters. The van der Waals surface area contributed by atoms with Crippen molar-refractivity contribution in [3.05, 3.63) is 41.6 Å². The maximum Gasteiger partial charge on any atom is 0.340 e. The first-order valence-corrected chi connectivity index (χ1v) is 8.24. The number of halogens is 1. The Kier molecular flexibility index (Phi) is 7.27. The van der Waals surface area contributed by atoms with Gasteiger partial charge in [-0.3, -0.25) is 0 Å². The van der Waals surface area contributed by atoms with Crippen LogP contribution in [0.1, 0.15) is 34.6 Å². The van der Waals surface area contributed by atoms with Crippen LogP contribution in [0.4, 0.5) is 5.69 Å². The van der Waals surface area contributed by atoms with Gasteiger partial charge in [0.2, 0.25) is 0 Å². The van der Waals surface area contributed by atoms with Crippen molar-refractivity contribution in [2.45, 2.75) is 34.6 Å². The van der Waals surface area contributed by atoms with Crippen molar-refractivity contribution >= 4 is 23.2 Å². The van der Waals surface area contributed by atoms with Gasteiger partial charge in [-0.15, -0.1) is 11.6 Å². The number of hydrogen-bond donors (Lipinski definition) is 0. The molecule has 1 aromatic rings. The van der Waals surface area contributed by atoms with Gasteiger partial charge in [0.1, 0.15) is 17.3 Å². The van der Waals surface area contributed by atoms with Crippen LogP contribution in [0.2, 0.25) is 0 Å². The summed E-state index contributed by atoms with van der Waals surface area (Å²) in [4.78, 5) is 12.9. The van der Waals surface area contributed by atoms with E-state index in [1.165, 1.54) is 0 Å². The minimum absolute atomic E-state index is 0.0399. The van der Waals surface area contributed by atoms with Crippen molar-refractivity contribution in [1.29, 1.82) is 0 Å². The van der Waals surface area contributed by atoms with Crippen molar-refractivity contribution in [3.63, 3.8) is 0 Å². The lowest BCUT2D eigenvalue weighted by molar-refractivity contribution is -0.130. The van der Waals surface area contributed by atoms with Crippen LogP contribution in [0, 0.1) is 5.92 Å². The highest BCUT2D eigenvalue weighted by molar-refractivity contribution is 6.28. The Labute approximate surface area is 139 Å². The third kappa shape index (κ3) is 3.78. The predicted octanol–water partition coefficient (Wildman–Crippen LogP) is 4.70. The predicted molar refractivity (Wildman–Crippen MR) is 93.7 cm³/mol. The van der Waals surface area contributed by atoms with Crippen LogP contribution < -0.4 is 4.48 Å². The van der Waals surface area contributed by atoms with Gasteiger partial charge in [-0.2, -0.15) is 4.48 Å². The third-order valence-electron chi connectivity index (χ3n) is 3.70. The van der Waals surface area contributed by atoms with E-state index < -0.39 is 0 Å². The minimum atomic E-state index is -0.0637. The summed E-state index contributed by atoms with van der Waals surface area (Å²) in [6, 6.07) is 9.77. The Morgan fingerprint density at radius 1 is 1.23 bits per heavy atom. The Hall–Kier alpha value is -1.16. The molecule has 1 aromatic carbocycles. The van der Waals surface area contributed by atoms with Crippen LogP contribution >= 0.6 is 11.6 Å². The molecule has 122 valence electrons. The second-order valence-electron chi connectivity index (χ2n) is 5.83. The summed E-state index contributed by atoms with van der Waals surface area (Å²) in [6.45, 7) is 11.0. The topological polar surface area (TPSA) is 26.3 Å². The molecule has 1 rings (SSSR count). The lowest BCUT2D eigenvalue weighted by Crippen LogP contribution is -2.57. The highest BCUT2D eigenvalue weighted by Gasteiger charge is 2.44. The molecule has 1 amide bonds. The highest BCUT2D eigenvalue weighted by Crippen LogP contribution is 2.35. The van der Waals surface area contributed by atoms with E-state index in [2.05, 4.69) is 13.8 Å². The molecule has 3 nitrogen and oxygen atoms in total. The Morgan fingerprint density at radius 2 is 1.82 bits per heavy atom. The van der Waals surface area contributed by atoms with E-state index in [-0.39, 0.29) is 28.9 Å². The maximum atomic E-state index is 12.9. The largest absolute Gasteiger partial charge is 0.340 e. The van der Waals surface area contributed by atoms with E-state index in [0.717, 1.165) is 17.0 Å². The first kappa shape index (κ1) is 18.9. The van der Waals surface area contributed by atoms with Crippen molar-refractivity contribution < 1.29 is 9.53 Å². The van der Waals surface area contributed by atoms with E-state index in [4.69, 9.17) is 16.3 Å². The quantitative estimate of drug-likeness (QED) is 0.413. The smallest absolute Gasteiger partial charge is 0.331 e. The molecule has 0 aliphatic heterocycles. The summed E-state index contributed by atoms with van der Waals surface area (Å²) in [6.07, 6.45) is 0. The summed E-state index contributed by atoms with van der Waals surface area (Å²) < 4.78 is 5.76. The number of para-hydroxylation sites is 1. The number of alkyl halides is 1. The van der Waals surface area contributed by atoms with E-state index in [9.17, 15) is 4.79 Å². The molecule has 0 radical (unpaired) electrons. The lowest BCUT2D eigenvalue weighted by Gasteiger charge is -2.38. The zero-order chi connectivity index (χ0) is 16.8. The second kappa shape index (κ2) is 8.47. The van der Waals surface area contributed by atoms with Gasteiger partial charge in [0, 0.05) is 24.7 Å². The number of carbonyl (C=O) groups excluding carboxylic acids is 1. The van der Waals surface area contributed by atoms with Gasteiger partial charge < -0.3 is 4.74 Å². The molecule has 1 atom stereocenters. The van der Waals surface area contributed by atoms with Gasteiger partial charge in [0.25, 0.3) is 0 Å². The van der Waals surface area contributed by atoms with Crippen LogP contribution in [0.25, 0.3) is 0 Å². The van der Waals surface area contributed by atoms with Gasteiger partial charge in [0.05, 0.1) is 0 Å². The average Bonchev–Trinajstić information content (AvgIpc) is 2.50. The molecule has 22 heavy (non-hydrogen) atoms. The van der Waals surface area contributed by atoms with Crippen LogP contribution in [0.3, 0.4) is 0 Å². The number of ether oxygens (including phenoxy) is 1. The molecule has 0 saturated heterocycles. The van der Waals surface area contributed by atoms with Gasteiger partial charge in [-0.25, -0.2) is 4.79 Å². The highest BCUT2D eigenvalue weighted by atomic mass is 35.5. The number of rotatable bonds is 7. The van der Waals surface area contributed by atoms with Gasteiger partial charge in [-0.1, -0.05) is 32.0 Å². The van der Waals surface area contributed by atoms with Crippen LogP contribution in [0.5, 0.6) is 0 Å². The van der Waals surface area contributed by atoms with Gasteiger partial charge in [-0.05, 0) is 26.3 Å². The van der Waals surface area contributed by atoms with Crippen molar-refractivity contribution in [2.24, 2.45) is 5.92 Å². The van der Waals surface area contributed by atoms with E-state index in [1.54, 1.807) is 0 Å². The number of amides is 1. The normalized spacial score (nSPS) is 13.8. The molecular formula is C18H27ClNO2+. The fraction of sp³-hybridized carbons (Fsp3) is 0.500. The summed E-state index contributed by atoms with van der Waals surface area (Å²) in [5.41, 5.74) is 3.06. The molecule has 0 N–H and O–H groups in total. The molecule has 0 saturated carbocycles. The van der Waals surface area contributed by atoms with Crippen molar-refractivity contribution in [3.8, 4) is 0 Å². The lowest BCUT2D eigenvalue weighted by atomic mass is 10.0. The molecule has 0 bridgehead atoms. The average molecular weight is 325 g/mol. The molecule has 0 aliphatic carbocycles. The molecule has 0 fully saturated rings. The van der Waals surface area contributed by atoms with E-state index in [0.29, 0.717) is 6.61 Å². The summed E-state index contributed by atoms with van der Waals surface area (Å²) in [7, 11) is 0. The zero-order valence-electron chi connectivity index (χ0n) is 14.2. The summed E-state index contributed by atoms with van der Waals surface area (Å²) >= 11 is 5.98. The fourth-order valence-electron chi connectivity index (χ4n) is 3.05. The molecule has 0 aromatic heterocycles. The SMILES string of the molecule is CCOC[N+](C(=O)CCl)(C(=C(C)C)C(C)C)c1ccccc1. The number of benzene rings is 1. The minimum Gasteiger partial charge on any atom is -0.331 e. The first-order chi connectivity index (χ1) is 10.4. The first-order valence-electron chi connectivity index (χ1n) is 7.70. The number of allylic oxidation sites excluding steroid dienone is 2.